The highest BCUT2D eigenvalue weighted by Gasteiger charge is 2.45. The van der Waals surface area contributed by atoms with Crippen LogP contribution in [-0.4, -0.2) is 36.4 Å². The summed E-state index contributed by atoms with van der Waals surface area (Å²) in [5, 5.41) is 4.07. The Morgan fingerprint density at radius 1 is 1.35 bits per heavy atom. The van der Waals surface area contributed by atoms with Crippen LogP contribution in [-0.2, 0) is 14.4 Å². The van der Waals surface area contributed by atoms with Crippen LogP contribution in [0.2, 0.25) is 0 Å². The molecule has 1 aliphatic rings. The Hall–Kier alpha value is -1.60. The van der Waals surface area contributed by atoms with Crippen molar-refractivity contribution in [3.05, 3.63) is 0 Å². The zero-order valence-electron chi connectivity index (χ0n) is 11.2. The molecule has 2 atom stereocenters. The topological polar surface area (TPSA) is 75.3 Å². The van der Waals surface area contributed by atoms with Crippen molar-refractivity contribution < 1.29 is 27.6 Å². The lowest BCUT2D eigenvalue weighted by Gasteiger charge is -2.29. The summed E-state index contributed by atoms with van der Waals surface area (Å²) in [5.74, 6) is -3.30. The fourth-order valence-corrected chi connectivity index (χ4v) is 1.81. The van der Waals surface area contributed by atoms with Crippen LogP contribution >= 0.6 is 0 Å². The minimum absolute atomic E-state index is 0.183. The van der Waals surface area contributed by atoms with Gasteiger partial charge in [-0.15, -0.1) is 0 Å². The Morgan fingerprint density at radius 2 is 1.95 bits per heavy atom. The lowest BCUT2D eigenvalue weighted by molar-refractivity contribution is -0.171. The number of halogens is 3. The van der Waals surface area contributed by atoms with Gasteiger partial charge in [0.05, 0.1) is 6.54 Å². The molecule has 0 bridgehead atoms. The quantitative estimate of drug-likeness (QED) is 0.753. The Labute approximate surface area is 114 Å². The average Bonchev–Trinajstić information content (AvgIpc) is 2.34. The number of alkyl halides is 3. The molecule has 20 heavy (non-hydrogen) atoms. The van der Waals surface area contributed by atoms with Crippen molar-refractivity contribution in [2.75, 3.05) is 6.54 Å². The second kappa shape index (κ2) is 6.23. The molecule has 0 radical (unpaired) electrons. The molecule has 1 fully saturated rings. The summed E-state index contributed by atoms with van der Waals surface area (Å²) in [7, 11) is 0. The fraction of sp³-hybridized carbons (Fsp3) is 0.750. The summed E-state index contributed by atoms with van der Waals surface area (Å²) in [6.45, 7) is 3.11. The van der Waals surface area contributed by atoms with E-state index in [0.717, 1.165) is 0 Å². The molecule has 1 rings (SSSR count). The molecule has 5 nitrogen and oxygen atoms in total. The summed E-state index contributed by atoms with van der Waals surface area (Å²) in [5.41, 5.74) is 0. The van der Waals surface area contributed by atoms with Gasteiger partial charge in [-0.05, 0) is 12.8 Å². The standard InChI is InChI=1S/C12H17F3N2O3/c1-6(2)8(18)5-16-10(19)7-3-4-9(12(13,14)15)17-11(7)20/h6-7,9H,3-5H2,1-2H3,(H,16,19)(H,17,20). The molecule has 8 heteroatoms. The van der Waals surface area contributed by atoms with E-state index in [9.17, 15) is 27.6 Å². The largest absolute Gasteiger partial charge is 0.408 e. The van der Waals surface area contributed by atoms with Gasteiger partial charge >= 0.3 is 6.18 Å². The zero-order chi connectivity index (χ0) is 15.5. The van der Waals surface area contributed by atoms with Gasteiger partial charge in [0, 0.05) is 5.92 Å². The predicted molar refractivity (Wildman–Crippen MR) is 63.6 cm³/mol. The number of carbonyl (C=O) groups is 3. The molecule has 2 N–H and O–H groups in total. The van der Waals surface area contributed by atoms with E-state index in [1.807, 2.05) is 0 Å². The van der Waals surface area contributed by atoms with Crippen LogP contribution in [0.4, 0.5) is 13.2 Å². The first-order valence-electron chi connectivity index (χ1n) is 6.30. The van der Waals surface area contributed by atoms with E-state index in [4.69, 9.17) is 0 Å². The summed E-state index contributed by atoms with van der Waals surface area (Å²) >= 11 is 0. The van der Waals surface area contributed by atoms with Crippen LogP contribution in [0.25, 0.3) is 0 Å². The zero-order valence-corrected chi connectivity index (χ0v) is 11.2. The molecule has 2 amide bonds. The number of Topliss-reactive ketones (excluding diaryl/α,β-unsaturated/α-hetero) is 1. The van der Waals surface area contributed by atoms with Crippen molar-refractivity contribution in [3.8, 4) is 0 Å². The minimum atomic E-state index is -4.51. The van der Waals surface area contributed by atoms with Crippen molar-refractivity contribution >= 4 is 17.6 Å². The van der Waals surface area contributed by atoms with Crippen LogP contribution in [0.3, 0.4) is 0 Å². The van der Waals surface area contributed by atoms with Crippen molar-refractivity contribution in [2.24, 2.45) is 11.8 Å². The van der Waals surface area contributed by atoms with Gasteiger partial charge in [0.25, 0.3) is 0 Å². The first kappa shape index (κ1) is 16.5. The van der Waals surface area contributed by atoms with E-state index in [-0.39, 0.29) is 31.1 Å². The van der Waals surface area contributed by atoms with Gasteiger partial charge in [0.2, 0.25) is 11.8 Å². The molecule has 0 aromatic carbocycles. The number of amides is 2. The number of hydrogen-bond donors (Lipinski definition) is 2. The van der Waals surface area contributed by atoms with Gasteiger partial charge in [0.15, 0.2) is 5.78 Å². The van der Waals surface area contributed by atoms with Crippen LogP contribution < -0.4 is 10.6 Å². The van der Waals surface area contributed by atoms with Crippen molar-refractivity contribution in [1.29, 1.82) is 0 Å². The molecule has 0 aliphatic carbocycles. The molecule has 0 aromatic rings. The minimum Gasteiger partial charge on any atom is -0.348 e. The summed E-state index contributed by atoms with van der Waals surface area (Å²) in [4.78, 5) is 34.5. The smallest absolute Gasteiger partial charge is 0.348 e. The molecule has 0 aromatic heterocycles. The van der Waals surface area contributed by atoms with Crippen LogP contribution in [0.15, 0.2) is 0 Å². The highest BCUT2D eigenvalue weighted by Crippen LogP contribution is 2.28. The van der Waals surface area contributed by atoms with Crippen molar-refractivity contribution in [2.45, 2.75) is 38.9 Å². The average molecular weight is 294 g/mol. The van der Waals surface area contributed by atoms with E-state index in [1.54, 1.807) is 19.2 Å². The number of nitrogens with one attached hydrogen (secondary N) is 2. The third-order valence-corrected chi connectivity index (χ3v) is 3.17. The van der Waals surface area contributed by atoms with E-state index < -0.39 is 30.0 Å². The highest BCUT2D eigenvalue weighted by molar-refractivity contribution is 6.02. The maximum atomic E-state index is 12.4. The predicted octanol–water partition coefficient (Wildman–Crippen LogP) is 0.785. The van der Waals surface area contributed by atoms with Gasteiger partial charge in [-0.3, -0.25) is 14.4 Å². The molecule has 1 saturated heterocycles. The van der Waals surface area contributed by atoms with Crippen LogP contribution in [0.1, 0.15) is 26.7 Å². The highest BCUT2D eigenvalue weighted by atomic mass is 19.4. The summed E-state index contributed by atoms with van der Waals surface area (Å²) in [6.07, 6.45) is -5.03. The molecule has 1 heterocycles. The maximum absolute atomic E-state index is 12.4. The van der Waals surface area contributed by atoms with E-state index >= 15 is 0 Å². The first-order valence-corrected chi connectivity index (χ1v) is 6.30. The van der Waals surface area contributed by atoms with E-state index in [2.05, 4.69) is 5.32 Å². The van der Waals surface area contributed by atoms with Crippen molar-refractivity contribution in [3.63, 3.8) is 0 Å². The Bertz CT molecular complexity index is 407. The van der Waals surface area contributed by atoms with E-state index in [0.29, 0.717) is 0 Å². The Balaban J connectivity index is 2.52. The number of rotatable bonds is 4. The van der Waals surface area contributed by atoms with Crippen LogP contribution in [0, 0.1) is 11.8 Å². The second-order valence-electron chi connectivity index (χ2n) is 5.07. The van der Waals surface area contributed by atoms with Gasteiger partial charge in [-0.2, -0.15) is 13.2 Å². The Morgan fingerprint density at radius 3 is 2.40 bits per heavy atom. The lowest BCUT2D eigenvalue weighted by Crippen LogP contribution is -2.54. The van der Waals surface area contributed by atoms with Crippen LogP contribution in [0.5, 0.6) is 0 Å². The molecule has 114 valence electrons. The molecular formula is C12H17F3N2O3. The third-order valence-electron chi connectivity index (χ3n) is 3.17. The maximum Gasteiger partial charge on any atom is 0.408 e. The van der Waals surface area contributed by atoms with Gasteiger partial charge in [0.1, 0.15) is 12.0 Å². The number of piperidine rings is 1. The SMILES string of the molecule is CC(C)C(=O)CNC(=O)C1CCC(C(F)(F)F)NC1=O. The molecule has 0 saturated carbocycles. The van der Waals surface area contributed by atoms with Gasteiger partial charge in [-0.1, -0.05) is 13.8 Å². The van der Waals surface area contributed by atoms with E-state index in [1.165, 1.54) is 0 Å². The monoisotopic (exact) mass is 294 g/mol. The number of carbonyl (C=O) groups excluding carboxylic acids is 3. The summed E-state index contributed by atoms with van der Waals surface area (Å²) in [6, 6.07) is -1.91. The molecule has 2 unspecified atom stereocenters. The normalized spacial score (nSPS) is 23.4. The molecular weight excluding hydrogens is 277 g/mol. The lowest BCUT2D eigenvalue weighted by atomic mass is 9.92. The fourth-order valence-electron chi connectivity index (χ4n) is 1.81. The second-order valence-corrected chi connectivity index (χ2v) is 5.07. The third kappa shape index (κ3) is 4.21. The molecule has 1 aliphatic heterocycles. The van der Waals surface area contributed by atoms with Gasteiger partial charge < -0.3 is 10.6 Å². The van der Waals surface area contributed by atoms with Gasteiger partial charge in [-0.25, -0.2) is 0 Å². The number of hydrogen-bond acceptors (Lipinski definition) is 3. The van der Waals surface area contributed by atoms with Crippen molar-refractivity contribution in [1.82, 2.24) is 10.6 Å². The Kier molecular flexibility index (Phi) is 5.13. The first-order chi connectivity index (χ1) is 9.12. The number of ketones is 1. The summed E-state index contributed by atoms with van der Waals surface area (Å²) < 4.78 is 37.3. The molecule has 0 spiro atoms.